The molecule has 0 spiro atoms. The topological polar surface area (TPSA) is 64.0 Å². The second-order valence-electron chi connectivity index (χ2n) is 7.20. The number of aromatic nitrogens is 2. The molecule has 1 amide bonds. The summed E-state index contributed by atoms with van der Waals surface area (Å²) in [5.74, 6) is -0.197. The van der Waals surface area contributed by atoms with E-state index in [-0.39, 0.29) is 17.5 Å². The molecule has 0 saturated carbocycles. The lowest BCUT2D eigenvalue weighted by Crippen LogP contribution is -2.39. The summed E-state index contributed by atoms with van der Waals surface area (Å²) in [6.45, 7) is 5.73. The number of thiophene rings is 1. The number of aryl methyl sites for hydroxylation is 1. The highest BCUT2D eigenvalue weighted by molar-refractivity contribution is 7.26. The van der Waals surface area contributed by atoms with Gasteiger partial charge in [-0.15, -0.1) is 11.3 Å². The van der Waals surface area contributed by atoms with E-state index in [4.69, 9.17) is 0 Å². The van der Waals surface area contributed by atoms with Crippen LogP contribution in [0.4, 0.5) is 0 Å². The molecule has 2 aromatic carbocycles. The van der Waals surface area contributed by atoms with Crippen molar-refractivity contribution < 1.29 is 4.79 Å². The van der Waals surface area contributed by atoms with Crippen molar-refractivity contribution in [3.8, 4) is 0 Å². The van der Waals surface area contributed by atoms with Gasteiger partial charge in [-0.2, -0.15) is 5.10 Å². The number of amides is 1. The molecule has 2 atom stereocenters. The number of hydrogen-bond donors (Lipinski definition) is 1. The monoisotopic (exact) mass is 405 g/mol. The number of hydrogen-bond acceptors (Lipinski definition) is 4. The molecule has 1 N–H and O–H groups in total. The minimum atomic E-state index is -0.657. The highest BCUT2D eigenvalue weighted by Crippen LogP contribution is 2.33. The first-order chi connectivity index (χ1) is 14.0. The Labute approximate surface area is 173 Å². The molecule has 0 fully saturated rings. The summed E-state index contributed by atoms with van der Waals surface area (Å²) in [5, 5.41) is 9.13. The predicted molar refractivity (Wildman–Crippen MR) is 118 cm³/mol. The van der Waals surface area contributed by atoms with Crippen molar-refractivity contribution in [1.29, 1.82) is 0 Å². The van der Waals surface area contributed by atoms with Gasteiger partial charge in [-0.05, 0) is 31.9 Å². The van der Waals surface area contributed by atoms with Crippen LogP contribution in [0, 0.1) is 6.92 Å². The average molecular weight is 406 g/mol. The Hall–Kier alpha value is -2.99. The van der Waals surface area contributed by atoms with Gasteiger partial charge in [-0.3, -0.25) is 9.59 Å². The molecule has 5 nitrogen and oxygen atoms in total. The number of rotatable bonds is 5. The molecule has 0 saturated heterocycles. The Balaban J connectivity index is 1.75. The summed E-state index contributed by atoms with van der Waals surface area (Å²) < 4.78 is 3.31. The average Bonchev–Trinajstić information content (AvgIpc) is 3.13. The Kier molecular flexibility index (Phi) is 5.20. The number of fused-ring (bicyclic) bond motifs is 3. The molecule has 148 valence electrons. The van der Waals surface area contributed by atoms with E-state index in [1.807, 2.05) is 75.4 Å². The molecule has 2 aromatic heterocycles. The molecule has 0 aliphatic heterocycles. The van der Waals surface area contributed by atoms with E-state index in [0.717, 1.165) is 26.0 Å². The second kappa shape index (κ2) is 7.79. The minimum Gasteiger partial charge on any atom is -0.348 e. The van der Waals surface area contributed by atoms with Gasteiger partial charge in [-0.1, -0.05) is 55.5 Å². The zero-order chi connectivity index (χ0) is 20.5. The maximum absolute atomic E-state index is 13.3. The van der Waals surface area contributed by atoms with Gasteiger partial charge >= 0.3 is 0 Å². The highest BCUT2D eigenvalue weighted by Gasteiger charge is 2.25. The van der Waals surface area contributed by atoms with E-state index in [1.54, 1.807) is 11.3 Å². The number of benzene rings is 2. The first-order valence-electron chi connectivity index (χ1n) is 9.77. The van der Waals surface area contributed by atoms with Crippen LogP contribution in [0.5, 0.6) is 0 Å². The summed E-state index contributed by atoms with van der Waals surface area (Å²) in [4.78, 5) is 26.4. The van der Waals surface area contributed by atoms with E-state index in [1.165, 1.54) is 4.68 Å². The zero-order valence-corrected chi connectivity index (χ0v) is 17.5. The largest absolute Gasteiger partial charge is 0.348 e. The fourth-order valence-electron chi connectivity index (χ4n) is 3.69. The maximum Gasteiger partial charge on any atom is 0.276 e. The molecule has 0 aliphatic carbocycles. The number of nitrogens with one attached hydrogen (secondary N) is 1. The summed E-state index contributed by atoms with van der Waals surface area (Å²) >= 11 is 1.57. The quantitative estimate of drug-likeness (QED) is 0.521. The molecule has 4 aromatic rings. The number of carbonyl (C=O) groups excluding carboxylic acids is 1. The molecule has 0 aliphatic rings. The van der Waals surface area contributed by atoms with Crippen LogP contribution in [0.1, 0.15) is 43.6 Å². The molecule has 0 unspecified atom stereocenters. The number of nitrogens with zero attached hydrogens (tertiary/aromatic N) is 2. The summed E-state index contributed by atoms with van der Waals surface area (Å²) in [5.41, 5.74) is 1.58. The van der Waals surface area contributed by atoms with E-state index in [9.17, 15) is 9.59 Å². The van der Waals surface area contributed by atoms with Gasteiger partial charge in [0.1, 0.15) is 6.04 Å². The molecule has 4 rings (SSSR count). The lowest BCUT2D eigenvalue weighted by atomic mass is 10.1. The van der Waals surface area contributed by atoms with Crippen molar-refractivity contribution in [3.05, 3.63) is 76.2 Å². The third-order valence-corrected chi connectivity index (χ3v) is 6.53. The van der Waals surface area contributed by atoms with Crippen molar-refractivity contribution in [2.75, 3.05) is 0 Å². The maximum atomic E-state index is 13.3. The van der Waals surface area contributed by atoms with E-state index in [0.29, 0.717) is 11.8 Å². The molecule has 29 heavy (non-hydrogen) atoms. The van der Waals surface area contributed by atoms with Crippen LogP contribution in [-0.2, 0) is 4.79 Å². The van der Waals surface area contributed by atoms with Gasteiger partial charge in [-0.25, -0.2) is 4.68 Å². The molecule has 0 radical (unpaired) electrons. The van der Waals surface area contributed by atoms with E-state index in [2.05, 4.69) is 10.4 Å². The molecule has 2 heterocycles. The van der Waals surface area contributed by atoms with Crippen molar-refractivity contribution in [1.82, 2.24) is 15.1 Å². The molecular formula is C23H23N3O2S. The minimum absolute atomic E-state index is 0.153. The standard InChI is InChI=1S/C23H23N3O2S/c1-4-18(22(27)24-14(2)16-10-6-5-7-11-16)26-23(28)20-17-12-8-9-13-19(17)29-21(20)15(3)25-26/h5-14,18H,4H2,1-3H3,(H,24,27)/t14-,18+/m1/s1. The Morgan fingerprint density at radius 1 is 1.14 bits per heavy atom. The Morgan fingerprint density at radius 3 is 2.55 bits per heavy atom. The zero-order valence-electron chi connectivity index (χ0n) is 16.7. The van der Waals surface area contributed by atoms with Crippen LogP contribution >= 0.6 is 11.3 Å². The molecule has 0 bridgehead atoms. The molecule has 6 heteroatoms. The predicted octanol–water partition coefficient (Wildman–Crippen LogP) is 4.75. The van der Waals surface area contributed by atoms with E-state index < -0.39 is 6.04 Å². The van der Waals surface area contributed by atoms with Gasteiger partial charge in [0.2, 0.25) is 5.91 Å². The lowest BCUT2D eigenvalue weighted by Gasteiger charge is -2.21. The fraction of sp³-hybridized carbons (Fsp3) is 0.261. The van der Waals surface area contributed by atoms with Gasteiger partial charge in [0.25, 0.3) is 5.56 Å². The smallest absolute Gasteiger partial charge is 0.276 e. The van der Waals surface area contributed by atoms with Crippen LogP contribution in [0.3, 0.4) is 0 Å². The fourth-order valence-corrected chi connectivity index (χ4v) is 4.83. The lowest BCUT2D eigenvalue weighted by molar-refractivity contribution is -0.125. The SMILES string of the molecule is CC[C@@H](C(=O)N[C@H](C)c1ccccc1)n1nc(C)c2sc3ccccc3c2c1=O. The van der Waals surface area contributed by atoms with Crippen molar-refractivity contribution in [3.63, 3.8) is 0 Å². The highest BCUT2D eigenvalue weighted by atomic mass is 32.1. The Morgan fingerprint density at radius 2 is 1.83 bits per heavy atom. The van der Waals surface area contributed by atoms with Gasteiger partial charge in [0.15, 0.2) is 0 Å². The van der Waals surface area contributed by atoms with Crippen LogP contribution in [-0.4, -0.2) is 15.7 Å². The number of carbonyl (C=O) groups is 1. The van der Waals surface area contributed by atoms with Crippen LogP contribution in [0.15, 0.2) is 59.4 Å². The van der Waals surface area contributed by atoms with Crippen molar-refractivity contribution >= 4 is 37.4 Å². The van der Waals surface area contributed by atoms with Crippen LogP contribution in [0.2, 0.25) is 0 Å². The van der Waals surface area contributed by atoms with Crippen LogP contribution in [0.25, 0.3) is 20.2 Å². The summed E-state index contributed by atoms with van der Waals surface area (Å²) in [6, 6.07) is 16.8. The molecular weight excluding hydrogens is 382 g/mol. The van der Waals surface area contributed by atoms with Crippen molar-refractivity contribution in [2.24, 2.45) is 0 Å². The summed E-state index contributed by atoms with van der Waals surface area (Å²) in [7, 11) is 0. The van der Waals surface area contributed by atoms with Gasteiger partial charge < -0.3 is 5.32 Å². The normalized spacial score (nSPS) is 13.5. The third kappa shape index (κ3) is 3.44. The van der Waals surface area contributed by atoms with E-state index >= 15 is 0 Å². The first-order valence-corrected chi connectivity index (χ1v) is 10.6. The first kappa shape index (κ1) is 19.3. The Bertz CT molecular complexity index is 1240. The van der Waals surface area contributed by atoms with Crippen molar-refractivity contribution in [2.45, 2.75) is 39.3 Å². The second-order valence-corrected chi connectivity index (χ2v) is 8.25. The van der Waals surface area contributed by atoms with Gasteiger partial charge in [0.05, 0.1) is 21.8 Å². The third-order valence-electron chi connectivity index (χ3n) is 5.25. The van der Waals surface area contributed by atoms with Gasteiger partial charge in [0, 0.05) is 10.1 Å². The summed E-state index contributed by atoms with van der Waals surface area (Å²) in [6.07, 6.45) is 0.479. The van der Waals surface area contributed by atoms with Crippen LogP contribution < -0.4 is 10.9 Å².